The molecule has 1 rings (SSSR count). The van der Waals surface area contributed by atoms with E-state index in [2.05, 4.69) is 0 Å². The molecular formula is C14H18O5. The predicted octanol–water partition coefficient (Wildman–Crippen LogP) is 2.24. The first-order chi connectivity index (χ1) is 9.01. The SMILES string of the molecule is CCOC(=O)CC(=O)c1ccc(OCC)c(C)c1O. The first kappa shape index (κ1) is 15.0. The second-order valence-corrected chi connectivity index (χ2v) is 3.92. The Balaban J connectivity index is 2.92. The quantitative estimate of drug-likeness (QED) is 0.485. The second kappa shape index (κ2) is 6.78. The number of esters is 1. The summed E-state index contributed by atoms with van der Waals surface area (Å²) in [5, 5.41) is 9.97. The molecule has 0 bridgehead atoms. The van der Waals surface area contributed by atoms with Crippen molar-refractivity contribution in [2.24, 2.45) is 0 Å². The molecule has 1 N–H and O–H groups in total. The third kappa shape index (κ3) is 3.71. The zero-order valence-corrected chi connectivity index (χ0v) is 11.4. The fourth-order valence-corrected chi connectivity index (χ4v) is 1.66. The van der Waals surface area contributed by atoms with E-state index in [0.29, 0.717) is 17.9 Å². The summed E-state index contributed by atoms with van der Waals surface area (Å²) in [4.78, 5) is 23.1. The van der Waals surface area contributed by atoms with Crippen molar-refractivity contribution in [3.8, 4) is 11.5 Å². The number of ether oxygens (including phenoxy) is 2. The highest BCUT2D eigenvalue weighted by Gasteiger charge is 2.19. The minimum atomic E-state index is -0.599. The summed E-state index contributed by atoms with van der Waals surface area (Å²) in [5.74, 6) is -0.700. The van der Waals surface area contributed by atoms with Crippen molar-refractivity contribution in [3.05, 3.63) is 23.3 Å². The van der Waals surface area contributed by atoms with Crippen LogP contribution in [0.3, 0.4) is 0 Å². The van der Waals surface area contributed by atoms with Crippen LogP contribution in [0.25, 0.3) is 0 Å². The van der Waals surface area contributed by atoms with Gasteiger partial charge in [0.15, 0.2) is 5.78 Å². The summed E-state index contributed by atoms with van der Waals surface area (Å²) < 4.78 is 10.0. The van der Waals surface area contributed by atoms with Gasteiger partial charge in [-0.05, 0) is 32.9 Å². The molecule has 0 fully saturated rings. The molecular weight excluding hydrogens is 248 g/mol. The molecule has 0 radical (unpaired) electrons. The number of carbonyl (C=O) groups excluding carboxylic acids is 2. The smallest absolute Gasteiger partial charge is 0.313 e. The molecule has 0 amide bonds. The number of rotatable bonds is 6. The highest BCUT2D eigenvalue weighted by molar-refractivity contribution is 6.07. The Morgan fingerprint density at radius 2 is 1.89 bits per heavy atom. The molecule has 0 aromatic heterocycles. The number of hydrogen-bond acceptors (Lipinski definition) is 5. The van der Waals surface area contributed by atoms with Gasteiger partial charge in [-0.15, -0.1) is 0 Å². The van der Waals surface area contributed by atoms with Gasteiger partial charge in [0.25, 0.3) is 0 Å². The first-order valence-electron chi connectivity index (χ1n) is 6.15. The lowest BCUT2D eigenvalue weighted by molar-refractivity contribution is -0.141. The molecule has 104 valence electrons. The van der Waals surface area contributed by atoms with Gasteiger partial charge < -0.3 is 14.6 Å². The first-order valence-corrected chi connectivity index (χ1v) is 6.15. The zero-order chi connectivity index (χ0) is 14.4. The minimum absolute atomic E-state index is 0.106. The van der Waals surface area contributed by atoms with E-state index in [0.717, 1.165) is 0 Å². The van der Waals surface area contributed by atoms with Crippen molar-refractivity contribution in [1.82, 2.24) is 0 Å². The van der Waals surface area contributed by atoms with Crippen LogP contribution in [0.4, 0.5) is 0 Å². The fourth-order valence-electron chi connectivity index (χ4n) is 1.66. The molecule has 0 aliphatic heterocycles. The molecule has 19 heavy (non-hydrogen) atoms. The average molecular weight is 266 g/mol. The molecule has 5 heteroatoms. The Kier molecular flexibility index (Phi) is 5.36. The monoisotopic (exact) mass is 266 g/mol. The van der Waals surface area contributed by atoms with Crippen LogP contribution < -0.4 is 4.74 Å². The maximum absolute atomic E-state index is 11.9. The van der Waals surface area contributed by atoms with E-state index >= 15 is 0 Å². The Morgan fingerprint density at radius 3 is 2.47 bits per heavy atom. The molecule has 0 heterocycles. The number of benzene rings is 1. The predicted molar refractivity (Wildman–Crippen MR) is 69.6 cm³/mol. The van der Waals surface area contributed by atoms with Gasteiger partial charge in [0.1, 0.15) is 17.9 Å². The van der Waals surface area contributed by atoms with Crippen LogP contribution in [0.15, 0.2) is 12.1 Å². The van der Waals surface area contributed by atoms with Crippen LogP contribution in [0.2, 0.25) is 0 Å². The van der Waals surface area contributed by atoms with E-state index in [1.165, 1.54) is 6.07 Å². The standard InChI is InChI=1S/C14H18O5/c1-4-18-12-7-6-10(14(17)9(12)3)11(15)8-13(16)19-5-2/h6-7,17H,4-5,8H2,1-3H3. The van der Waals surface area contributed by atoms with Crippen LogP contribution in [-0.4, -0.2) is 30.1 Å². The lowest BCUT2D eigenvalue weighted by atomic mass is 10.0. The molecule has 0 saturated heterocycles. The third-order valence-corrected chi connectivity index (χ3v) is 2.59. The Hall–Kier alpha value is -2.04. The molecule has 0 spiro atoms. The number of hydrogen-bond donors (Lipinski definition) is 1. The summed E-state index contributed by atoms with van der Waals surface area (Å²) in [6.45, 7) is 5.84. The fraction of sp³-hybridized carbons (Fsp3) is 0.429. The van der Waals surface area contributed by atoms with Crippen LogP contribution >= 0.6 is 0 Å². The van der Waals surface area contributed by atoms with Gasteiger partial charge in [0, 0.05) is 5.56 Å². The van der Waals surface area contributed by atoms with Gasteiger partial charge in [0.05, 0.1) is 18.8 Å². The van der Waals surface area contributed by atoms with Crippen molar-refractivity contribution >= 4 is 11.8 Å². The van der Waals surface area contributed by atoms with Crippen LogP contribution in [0.5, 0.6) is 11.5 Å². The Bertz CT molecular complexity index is 479. The van der Waals surface area contributed by atoms with E-state index in [1.54, 1.807) is 19.9 Å². The summed E-state index contributed by atoms with van der Waals surface area (Å²) in [6, 6.07) is 3.06. The average Bonchev–Trinajstić information content (AvgIpc) is 2.35. The van der Waals surface area contributed by atoms with E-state index in [-0.39, 0.29) is 24.3 Å². The highest BCUT2D eigenvalue weighted by atomic mass is 16.5. The van der Waals surface area contributed by atoms with Gasteiger partial charge in [-0.1, -0.05) is 0 Å². The maximum atomic E-state index is 11.9. The van der Waals surface area contributed by atoms with E-state index in [4.69, 9.17) is 9.47 Å². The summed E-state index contributed by atoms with van der Waals surface area (Å²) in [5.41, 5.74) is 0.588. The van der Waals surface area contributed by atoms with Crippen molar-refractivity contribution < 1.29 is 24.2 Å². The minimum Gasteiger partial charge on any atom is -0.507 e. The van der Waals surface area contributed by atoms with Gasteiger partial charge in [0.2, 0.25) is 0 Å². The number of phenolic OH excluding ortho intramolecular Hbond substituents is 1. The number of phenols is 1. The normalized spacial score (nSPS) is 10.1. The number of Topliss-reactive ketones (excluding diaryl/α,β-unsaturated/α-hetero) is 1. The van der Waals surface area contributed by atoms with Crippen LogP contribution in [0, 0.1) is 6.92 Å². The topological polar surface area (TPSA) is 72.8 Å². The van der Waals surface area contributed by atoms with Crippen molar-refractivity contribution in [2.45, 2.75) is 27.2 Å². The summed E-state index contributed by atoms with van der Waals surface area (Å²) >= 11 is 0. The molecule has 0 aliphatic rings. The van der Waals surface area contributed by atoms with E-state index < -0.39 is 11.8 Å². The van der Waals surface area contributed by atoms with E-state index in [1.807, 2.05) is 6.92 Å². The zero-order valence-electron chi connectivity index (χ0n) is 11.4. The lowest BCUT2D eigenvalue weighted by Crippen LogP contribution is -2.12. The molecule has 0 atom stereocenters. The van der Waals surface area contributed by atoms with Crippen molar-refractivity contribution in [1.29, 1.82) is 0 Å². The maximum Gasteiger partial charge on any atom is 0.313 e. The number of carbonyl (C=O) groups is 2. The summed E-state index contributed by atoms with van der Waals surface area (Å²) in [6.07, 6.45) is -0.380. The van der Waals surface area contributed by atoms with Gasteiger partial charge in [-0.25, -0.2) is 0 Å². The van der Waals surface area contributed by atoms with Gasteiger partial charge in [-0.3, -0.25) is 9.59 Å². The third-order valence-electron chi connectivity index (χ3n) is 2.59. The molecule has 1 aromatic rings. The van der Waals surface area contributed by atoms with Crippen LogP contribution in [-0.2, 0) is 9.53 Å². The van der Waals surface area contributed by atoms with E-state index in [9.17, 15) is 14.7 Å². The Morgan fingerprint density at radius 1 is 1.21 bits per heavy atom. The molecule has 0 unspecified atom stereocenters. The molecule has 1 aromatic carbocycles. The molecule has 0 aliphatic carbocycles. The van der Waals surface area contributed by atoms with Gasteiger partial charge >= 0.3 is 5.97 Å². The molecule has 5 nitrogen and oxygen atoms in total. The highest BCUT2D eigenvalue weighted by Crippen LogP contribution is 2.31. The van der Waals surface area contributed by atoms with Crippen molar-refractivity contribution in [2.75, 3.05) is 13.2 Å². The van der Waals surface area contributed by atoms with Crippen molar-refractivity contribution in [3.63, 3.8) is 0 Å². The lowest BCUT2D eigenvalue weighted by Gasteiger charge is -2.11. The second-order valence-electron chi connectivity index (χ2n) is 3.92. The van der Waals surface area contributed by atoms with Gasteiger partial charge in [-0.2, -0.15) is 0 Å². The molecule has 0 saturated carbocycles. The number of aromatic hydroxyl groups is 1. The summed E-state index contributed by atoms with van der Waals surface area (Å²) in [7, 11) is 0. The Labute approximate surface area is 112 Å². The number of ketones is 1. The largest absolute Gasteiger partial charge is 0.507 e. The van der Waals surface area contributed by atoms with Crippen LogP contribution in [0.1, 0.15) is 36.2 Å².